The molecule has 1 fully saturated rings. The summed E-state index contributed by atoms with van der Waals surface area (Å²) in [6.07, 6.45) is 4.35. The van der Waals surface area contributed by atoms with Crippen molar-refractivity contribution in [3.63, 3.8) is 0 Å². The molecule has 3 rings (SSSR count). The zero-order valence-electron chi connectivity index (χ0n) is 10.5. The van der Waals surface area contributed by atoms with Crippen LogP contribution in [0.5, 0.6) is 11.6 Å². The number of nitrogens with one attached hydrogen (secondary N) is 1. The van der Waals surface area contributed by atoms with E-state index >= 15 is 0 Å². The van der Waals surface area contributed by atoms with Crippen molar-refractivity contribution >= 4 is 11.6 Å². The minimum absolute atomic E-state index is 0.447. The van der Waals surface area contributed by atoms with Crippen molar-refractivity contribution in [3.8, 4) is 11.6 Å². The number of para-hydroxylation sites is 1. The molecule has 0 radical (unpaired) electrons. The monoisotopic (exact) mass is 274 g/mol. The number of aromatic nitrogens is 1. The Kier molecular flexibility index (Phi) is 3.67. The number of rotatable bonds is 5. The Morgan fingerprint density at radius 1 is 1.26 bits per heavy atom. The molecule has 3 nitrogen and oxygen atoms in total. The molecule has 1 aliphatic carbocycles. The van der Waals surface area contributed by atoms with E-state index in [4.69, 9.17) is 16.3 Å². The summed E-state index contributed by atoms with van der Waals surface area (Å²) in [6.45, 7) is 0.809. The molecule has 0 saturated heterocycles. The first-order valence-electron chi connectivity index (χ1n) is 6.42. The molecule has 1 aromatic heterocycles. The Balaban J connectivity index is 1.68. The molecule has 19 heavy (non-hydrogen) atoms. The predicted octanol–water partition coefficient (Wildman–Crippen LogP) is 3.78. The maximum Gasteiger partial charge on any atom is 0.238 e. The van der Waals surface area contributed by atoms with Gasteiger partial charge in [-0.15, -0.1) is 0 Å². The van der Waals surface area contributed by atoms with Crippen molar-refractivity contribution in [2.75, 3.05) is 0 Å². The normalized spacial score (nSPS) is 14.4. The zero-order chi connectivity index (χ0) is 13.1. The molecule has 0 spiro atoms. The van der Waals surface area contributed by atoms with E-state index in [1.165, 1.54) is 12.8 Å². The first-order valence-corrected chi connectivity index (χ1v) is 6.80. The van der Waals surface area contributed by atoms with Gasteiger partial charge in [0.1, 0.15) is 10.8 Å². The molecule has 1 aromatic carbocycles. The molecule has 0 aliphatic heterocycles. The van der Waals surface area contributed by atoms with E-state index in [0.29, 0.717) is 16.9 Å². The fourth-order valence-electron chi connectivity index (χ4n) is 1.79. The van der Waals surface area contributed by atoms with Crippen molar-refractivity contribution in [3.05, 3.63) is 53.2 Å². The second kappa shape index (κ2) is 5.59. The van der Waals surface area contributed by atoms with Gasteiger partial charge in [0, 0.05) is 18.8 Å². The third-order valence-corrected chi connectivity index (χ3v) is 3.26. The SMILES string of the molecule is Clc1cc(CNC2CC2)cnc1Oc1ccccc1. The molecule has 1 heterocycles. The number of benzene rings is 1. The van der Waals surface area contributed by atoms with Crippen LogP contribution in [0.25, 0.3) is 0 Å². The van der Waals surface area contributed by atoms with Crippen LogP contribution in [-0.2, 0) is 6.54 Å². The maximum atomic E-state index is 6.19. The van der Waals surface area contributed by atoms with Crippen molar-refractivity contribution in [1.82, 2.24) is 10.3 Å². The van der Waals surface area contributed by atoms with Gasteiger partial charge in [-0.25, -0.2) is 4.98 Å². The first kappa shape index (κ1) is 12.5. The minimum Gasteiger partial charge on any atom is -0.438 e. The topological polar surface area (TPSA) is 34.2 Å². The maximum absolute atomic E-state index is 6.19. The summed E-state index contributed by atoms with van der Waals surface area (Å²) in [5.74, 6) is 1.18. The smallest absolute Gasteiger partial charge is 0.238 e. The Morgan fingerprint density at radius 2 is 2.05 bits per heavy atom. The van der Waals surface area contributed by atoms with Crippen molar-refractivity contribution in [2.45, 2.75) is 25.4 Å². The highest BCUT2D eigenvalue weighted by molar-refractivity contribution is 6.31. The summed E-state index contributed by atoms with van der Waals surface area (Å²) in [7, 11) is 0. The van der Waals surface area contributed by atoms with E-state index in [0.717, 1.165) is 17.9 Å². The van der Waals surface area contributed by atoms with E-state index in [9.17, 15) is 0 Å². The Hall–Kier alpha value is -1.58. The third-order valence-electron chi connectivity index (χ3n) is 2.99. The summed E-state index contributed by atoms with van der Waals surface area (Å²) >= 11 is 6.19. The number of halogens is 1. The average molecular weight is 275 g/mol. The second-order valence-electron chi connectivity index (χ2n) is 4.70. The number of pyridine rings is 1. The van der Waals surface area contributed by atoms with Gasteiger partial charge in [-0.05, 0) is 36.6 Å². The highest BCUT2D eigenvalue weighted by Crippen LogP contribution is 2.27. The predicted molar refractivity (Wildman–Crippen MR) is 75.6 cm³/mol. The Morgan fingerprint density at radius 3 is 2.74 bits per heavy atom. The molecule has 98 valence electrons. The van der Waals surface area contributed by atoms with Crippen LogP contribution in [0.4, 0.5) is 0 Å². The molecular weight excluding hydrogens is 260 g/mol. The Bertz CT molecular complexity index is 555. The van der Waals surface area contributed by atoms with E-state index in [-0.39, 0.29) is 0 Å². The van der Waals surface area contributed by atoms with Crippen LogP contribution in [0.3, 0.4) is 0 Å². The summed E-state index contributed by atoms with van der Waals surface area (Å²) in [4.78, 5) is 4.28. The number of hydrogen-bond acceptors (Lipinski definition) is 3. The summed E-state index contributed by atoms with van der Waals surface area (Å²) in [6, 6.07) is 12.1. The average Bonchev–Trinajstić information content (AvgIpc) is 3.25. The van der Waals surface area contributed by atoms with Crippen LogP contribution in [0.2, 0.25) is 5.02 Å². The van der Waals surface area contributed by atoms with Crippen molar-refractivity contribution in [2.24, 2.45) is 0 Å². The highest BCUT2D eigenvalue weighted by atomic mass is 35.5. The van der Waals surface area contributed by atoms with Gasteiger partial charge in [0.15, 0.2) is 0 Å². The van der Waals surface area contributed by atoms with Gasteiger partial charge in [-0.1, -0.05) is 29.8 Å². The molecule has 1 aliphatic rings. The molecule has 0 unspecified atom stereocenters. The quantitative estimate of drug-likeness (QED) is 0.901. The van der Waals surface area contributed by atoms with Crippen LogP contribution in [-0.4, -0.2) is 11.0 Å². The van der Waals surface area contributed by atoms with E-state index < -0.39 is 0 Å². The van der Waals surface area contributed by atoms with Gasteiger partial charge in [-0.2, -0.15) is 0 Å². The fraction of sp³-hybridized carbons (Fsp3) is 0.267. The fourth-order valence-corrected chi connectivity index (χ4v) is 2.01. The van der Waals surface area contributed by atoms with Gasteiger partial charge < -0.3 is 10.1 Å². The first-order chi connectivity index (χ1) is 9.31. The zero-order valence-corrected chi connectivity index (χ0v) is 11.2. The molecule has 2 aromatic rings. The Labute approximate surface area is 117 Å². The lowest BCUT2D eigenvalue weighted by molar-refractivity contribution is 0.462. The minimum atomic E-state index is 0.447. The standard InChI is InChI=1S/C15H15ClN2O/c16-14-8-11(9-17-12-6-7-12)10-18-15(14)19-13-4-2-1-3-5-13/h1-5,8,10,12,17H,6-7,9H2. The van der Waals surface area contributed by atoms with E-state index in [1.54, 1.807) is 6.20 Å². The molecule has 0 atom stereocenters. The van der Waals surface area contributed by atoms with Crippen molar-refractivity contribution in [1.29, 1.82) is 0 Å². The van der Waals surface area contributed by atoms with Gasteiger partial charge >= 0.3 is 0 Å². The van der Waals surface area contributed by atoms with E-state index in [2.05, 4.69) is 10.3 Å². The molecule has 0 bridgehead atoms. The third kappa shape index (κ3) is 3.46. The summed E-state index contributed by atoms with van der Waals surface area (Å²) < 4.78 is 5.64. The van der Waals surface area contributed by atoms with Crippen molar-refractivity contribution < 1.29 is 4.74 Å². The number of hydrogen-bond donors (Lipinski definition) is 1. The van der Waals surface area contributed by atoms with Gasteiger partial charge in [0.2, 0.25) is 5.88 Å². The summed E-state index contributed by atoms with van der Waals surface area (Å²) in [5.41, 5.74) is 1.08. The van der Waals surface area contributed by atoms with Crippen LogP contribution >= 0.6 is 11.6 Å². The molecular formula is C15H15ClN2O. The van der Waals surface area contributed by atoms with E-state index in [1.807, 2.05) is 36.4 Å². The van der Waals surface area contributed by atoms with Crippen LogP contribution < -0.4 is 10.1 Å². The molecule has 0 amide bonds. The van der Waals surface area contributed by atoms with Gasteiger partial charge in [-0.3, -0.25) is 0 Å². The highest BCUT2D eigenvalue weighted by Gasteiger charge is 2.20. The lowest BCUT2D eigenvalue weighted by atomic mass is 10.3. The second-order valence-corrected chi connectivity index (χ2v) is 5.11. The number of nitrogens with zero attached hydrogens (tertiary/aromatic N) is 1. The lowest BCUT2D eigenvalue weighted by Crippen LogP contribution is -2.15. The van der Waals surface area contributed by atoms with Gasteiger partial charge in [0.05, 0.1) is 0 Å². The molecule has 1 N–H and O–H groups in total. The van der Waals surface area contributed by atoms with Crippen LogP contribution in [0.1, 0.15) is 18.4 Å². The molecule has 1 saturated carbocycles. The lowest BCUT2D eigenvalue weighted by Gasteiger charge is -2.08. The number of ether oxygens (including phenoxy) is 1. The summed E-state index contributed by atoms with van der Waals surface area (Å²) in [5, 5.41) is 3.97. The largest absolute Gasteiger partial charge is 0.438 e. The van der Waals surface area contributed by atoms with Crippen LogP contribution in [0, 0.1) is 0 Å². The van der Waals surface area contributed by atoms with Crippen LogP contribution in [0.15, 0.2) is 42.6 Å². The molecule has 4 heteroatoms. The van der Waals surface area contributed by atoms with Gasteiger partial charge in [0.25, 0.3) is 0 Å².